The lowest BCUT2D eigenvalue weighted by Gasteiger charge is -2.46. The first-order chi connectivity index (χ1) is 9.72. The molecule has 1 atom stereocenters. The molecule has 2 aromatic rings. The minimum atomic E-state index is -0.404. The molecule has 2 nitrogen and oxygen atoms in total. The quantitative estimate of drug-likeness (QED) is 0.929. The minimum absolute atomic E-state index is 0.103. The van der Waals surface area contributed by atoms with Gasteiger partial charge in [0.25, 0.3) is 0 Å². The van der Waals surface area contributed by atoms with Gasteiger partial charge in [-0.25, -0.2) is 0 Å². The Labute approximate surface area is 124 Å². The van der Waals surface area contributed by atoms with Crippen LogP contribution in [0.15, 0.2) is 48.8 Å². The molecule has 1 N–H and O–H groups in total. The fourth-order valence-corrected chi connectivity index (χ4v) is 3.31. The Kier molecular flexibility index (Phi) is 3.77. The molecule has 1 saturated carbocycles. The van der Waals surface area contributed by atoms with Crippen LogP contribution in [0, 0.1) is 0 Å². The molecule has 104 valence electrons. The van der Waals surface area contributed by atoms with Crippen LogP contribution in [-0.4, -0.2) is 16.2 Å². The summed E-state index contributed by atoms with van der Waals surface area (Å²) < 4.78 is 0. The van der Waals surface area contributed by atoms with Crippen molar-refractivity contribution in [2.45, 2.75) is 37.2 Å². The van der Waals surface area contributed by atoms with Crippen LogP contribution in [0.4, 0.5) is 0 Å². The van der Waals surface area contributed by atoms with E-state index in [-0.39, 0.29) is 5.41 Å². The first-order valence-electron chi connectivity index (χ1n) is 7.04. The second kappa shape index (κ2) is 5.55. The van der Waals surface area contributed by atoms with Gasteiger partial charge in [-0.3, -0.25) is 4.98 Å². The van der Waals surface area contributed by atoms with Gasteiger partial charge in [-0.2, -0.15) is 0 Å². The van der Waals surface area contributed by atoms with Crippen LogP contribution in [0.5, 0.6) is 0 Å². The van der Waals surface area contributed by atoms with E-state index in [1.54, 1.807) is 12.4 Å². The summed E-state index contributed by atoms with van der Waals surface area (Å²) in [6, 6.07) is 12.2. The van der Waals surface area contributed by atoms with Gasteiger partial charge < -0.3 is 5.11 Å². The van der Waals surface area contributed by atoms with Gasteiger partial charge in [0.1, 0.15) is 0 Å². The van der Waals surface area contributed by atoms with Crippen LogP contribution in [0.2, 0.25) is 5.02 Å². The summed E-state index contributed by atoms with van der Waals surface area (Å²) in [6.45, 7) is 0. The van der Waals surface area contributed by atoms with Crippen molar-refractivity contribution in [3.8, 4) is 0 Å². The number of hydrogen-bond donors (Lipinski definition) is 1. The predicted octanol–water partition coefficient (Wildman–Crippen LogP) is 3.76. The van der Waals surface area contributed by atoms with Crippen molar-refractivity contribution in [3.63, 3.8) is 0 Å². The molecule has 3 rings (SSSR count). The summed E-state index contributed by atoms with van der Waals surface area (Å²) in [7, 11) is 0. The standard InChI is InChI=1S/C17H18ClNO/c18-15-12-19-10-7-13(15)11-16(20)17(8-4-9-17)14-5-2-1-3-6-14/h1-3,5-7,10,12,16,20H,4,8-9,11H2. The van der Waals surface area contributed by atoms with E-state index >= 15 is 0 Å². The van der Waals surface area contributed by atoms with Crippen molar-refractivity contribution in [3.05, 3.63) is 64.9 Å². The van der Waals surface area contributed by atoms with Gasteiger partial charge in [0, 0.05) is 24.2 Å². The van der Waals surface area contributed by atoms with Crippen molar-refractivity contribution in [2.24, 2.45) is 0 Å². The molecule has 1 aliphatic carbocycles. The average molecular weight is 288 g/mol. The average Bonchev–Trinajstić information content (AvgIpc) is 2.41. The van der Waals surface area contributed by atoms with E-state index < -0.39 is 6.10 Å². The van der Waals surface area contributed by atoms with Crippen molar-refractivity contribution in [2.75, 3.05) is 0 Å². The normalized spacial score (nSPS) is 18.3. The maximum atomic E-state index is 10.8. The topological polar surface area (TPSA) is 33.1 Å². The van der Waals surface area contributed by atoms with Gasteiger partial charge in [-0.15, -0.1) is 0 Å². The van der Waals surface area contributed by atoms with Crippen molar-refractivity contribution >= 4 is 11.6 Å². The van der Waals surface area contributed by atoms with Crippen LogP contribution < -0.4 is 0 Å². The molecule has 20 heavy (non-hydrogen) atoms. The highest BCUT2D eigenvalue weighted by Gasteiger charge is 2.44. The second-order valence-corrected chi connectivity index (χ2v) is 5.97. The van der Waals surface area contributed by atoms with Crippen LogP contribution in [-0.2, 0) is 11.8 Å². The van der Waals surface area contributed by atoms with Gasteiger partial charge in [-0.05, 0) is 30.0 Å². The monoisotopic (exact) mass is 287 g/mol. The third kappa shape index (κ3) is 2.34. The second-order valence-electron chi connectivity index (χ2n) is 5.56. The summed E-state index contributed by atoms with van der Waals surface area (Å²) >= 11 is 6.15. The largest absolute Gasteiger partial charge is 0.392 e. The van der Waals surface area contributed by atoms with E-state index in [1.165, 1.54) is 12.0 Å². The van der Waals surface area contributed by atoms with E-state index in [9.17, 15) is 5.11 Å². The molecule has 1 aliphatic rings. The fraction of sp³-hybridized carbons (Fsp3) is 0.353. The Morgan fingerprint density at radius 3 is 2.55 bits per heavy atom. The lowest BCUT2D eigenvalue weighted by molar-refractivity contribution is 0.0286. The molecule has 3 heteroatoms. The molecule has 1 aromatic heterocycles. The zero-order valence-electron chi connectivity index (χ0n) is 11.3. The molecule has 0 saturated heterocycles. The molecule has 0 bridgehead atoms. The highest BCUT2D eigenvalue weighted by molar-refractivity contribution is 6.31. The number of halogens is 1. The minimum Gasteiger partial charge on any atom is -0.392 e. The Bertz CT molecular complexity index is 581. The summed E-state index contributed by atoms with van der Waals surface area (Å²) in [5.41, 5.74) is 2.11. The molecule has 1 aromatic carbocycles. The van der Waals surface area contributed by atoms with Gasteiger partial charge in [0.05, 0.1) is 11.1 Å². The first kappa shape index (κ1) is 13.6. The van der Waals surface area contributed by atoms with E-state index in [0.29, 0.717) is 11.4 Å². The highest BCUT2D eigenvalue weighted by Crippen LogP contribution is 2.47. The van der Waals surface area contributed by atoms with Gasteiger partial charge in [0.15, 0.2) is 0 Å². The number of aliphatic hydroxyl groups is 1. The number of aliphatic hydroxyl groups excluding tert-OH is 1. The summed E-state index contributed by atoms with van der Waals surface area (Å²) in [5.74, 6) is 0. The van der Waals surface area contributed by atoms with Crippen LogP contribution in [0.1, 0.15) is 30.4 Å². The van der Waals surface area contributed by atoms with E-state index in [1.807, 2.05) is 24.3 Å². The maximum absolute atomic E-state index is 10.8. The lowest BCUT2D eigenvalue weighted by Crippen LogP contribution is -2.46. The Hall–Kier alpha value is -1.38. The number of rotatable bonds is 4. The number of nitrogens with zero attached hydrogens (tertiary/aromatic N) is 1. The Morgan fingerprint density at radius 1 is 1.20 bits per heavy atom. The van der Waals surface area contributed by atoms with Crippen molar-refractivity contribution in [1.82, 2.24) is 4.98 Å². The van der Waals surface area contributed by atoms with Gasteiger partial charge in [-0.1, -0.05) is 48.4 Å². The molecule has 1 unspecified atom stereocenters. The summed E-state index contributed by atoms with van der Waals surface area (Å²) in [5, 5.41) is 11.4. The molecule has 1 heterocycles. The Morgan fingerprint density at radius 2 is 1.95 bits per heavy atom. The molecule has 0 aliphatic heterocycles. The third-order valence-electron chi connectivity index (χ3n) is 4.50. The zero-order valence-corrected chi connectivity index (χ0v) is 12.1. The Balaban J connectivity index is 1.85. The summed E-state index contributed by atoms with van der Waals surface area (Å²) in [4.78, 5) is 3.99. The van der Waals surface area contributed by atoms with Crippen molar-refractivity contribution in [1.29, 1.82) is 0 Å². The number of benzene rings is 1. The molecule has 1 fully saturated rings. The first-order valence-corrected chi connectivity index (χ1v) is 7.42. The molecule has 0 spiro atoms. The van der Waals surface area contributed by atoms with Gasteiger partial charge in [0.2, 0.25) is 0 Å². The number of aromatic nitrogens is 1. The van der Waals surface area contributed by atoms with Crippen LogP contribution in [0.25, 0.3) is 0 Å². The predicted molar refractivity (Wildman–Crippen MR) is 80.9 cm³/mol. The van der Waals surface area contributed by atoms with Crippen LogP contribution >= 0.6 is 11.6 Å². The maximum Gasteiger partial charge on any atom is 0.0677 e. The summed E-state index contributed by atoms with van der Waals surface area (Å²) in [6.07, 6.45) is 6.80. The highest BCUT2D eigenvalue weighted by atomic mass is 35.5. The smallest absolute Gasteiger partial charge is 0.0677 e. The van der Waals surface area contributed by atoms with Crippen LogP contribution in [0.3, 0.4) is 0 Å². The lowest BCUT2D eigenvalue weighted by atomic mass is 9.60. The van der Waals surface area contributed by atoms with E-state index in [0.717, 1.165) is 18.4 Å². The number of hydrogen-bond acceptors (Lipinski definition) is 2. The fourth-order valence-electron chi connectivity index (χ4n) is 3.12. The third-order valence-corrected chi connectivity index (χ3v) is 4.84. The van der Waals surface area contributed by atoms with Gasteiger partial charge >= 0.3 is 0 Å². The molecule has 0 radical (unpaired) electrons. The molecular weight excluding hydrogens is 270 g/mol. The number of pyridine rings is 1. The SMILES string of the molecule is OC(Cc1ccncc1Cl)C1(c2ccccc2)CCC1. The van der Waals surface area contributed by atoms with E-state index in [2.05, 4.69) is 17.1 Å². The van der Waals surface area contributed by atoms with Crippen molar-refractivity contribution < 1.29 is 5.11 Å². The molecule has 0 amide bonds. The molecular formula is C17H18ClNO. The zero-order chi connectivity index (χ0) is 14.0. The van der Waals surface area contributed by atoms with E-state index in [4.69, 9.17) is 11.6 Å².